The molecule has 0 N–H and O–H groups in total. The molecule has 0 saturated heterocycles. The molecular formula is C16H11F3N2O. The van der Waals surface area contributed by atoms with E-state index in [1.807, 2.05) is 30.3 Å². The van der Waals surface area contributed by atoms with Gasteiger partial charge in [0.1, 0.15) is 0 Å². The van der Waals surface area contributed by atoms with E-state index >= 15 is 0 Å². The molecule has 3 rings (SSSR count). The Balaban J connectivity index is 2.22. The lowest BCUT2D eigenvalue weighted by Crippen LogP contribution is -2.17. The molecule has 22 heavy (non-hydrogen) atoms. The molecule has 2 aromatic heterocycles. The number of hydrogen-bond donors (Lipinski definition) is 0. The third-order valence-electron chi connectivity index (χ3n) is 3.35. The van der Waals surface area contributed by atoms with Crippen molar-refractivity contribution in [3.05, 3.63) is 76.3 Å². The average Bonchev–Trinajstić information content (AvgIpc) is 2.50. The fourth-order valence-corrected chi connectivity index (χ4v) is 2.39. The van der Waals surface area contributed by atoms with Crippen molar-refractivity contribution < 1.29 is 13.2 Å². The second kappa shape index (κ2) is 5.29. The minimum atomic E-state index is -4.66. The maximum Gasteiger partial charge on any atom is 0.434 e. The normalized spacial score (nSPS) is 11.8. The van der Waals surface area contributed by atoms with Gasteiger partial charge < -0.3 is 4.57 Å². The van der Waals surface area contributed by atoms with Crippen LogP contribution in [-0.4, -0.2) is 9.55 Å². The second-order valence-corrected chi connectivity index (χ2v) is 4.84. The standard InChI is InChI=1S/C16H11F3N2O/c17-16(18,19)15-14-12(6-8-20-15)21(9-7-13(14)22)10-11-4-2-1-3-5-11/h1-9H,10H2. The number of rotatable bonds is 2. The third-order valence-corrected chi connectivity index (χ3v) is 3.35. The second-order valence-electron chi connectivity index (χ2n) is 4.84. The molecule has 2 heterocycles. The highest BCUT2D eigenvalue weighted by atomic mass is 19.4. The van der Waals surface area contributed by atoms with Gasteiger partial charge in [0.15, 0.2) is 11.1 Å². The average molecular weight is 304 g/mol. The van der Waals surface area contributed by atoms with E-state index in [1.165, 1.54) is 12.3 Å². The smallest absolute Gasteiger partial charge is 0.343 e. The molecule has 0 saturated carbocycles. The maximum atomic E-state index is 13.0. The summed E-state index contributed by atoms with van der Waals surface area (Å²) in [6, 6.07) is 11.9. The summed E-state index contributed by atoms with van der Waals surface area (Å²) in [6.07, 6.45) is -2.09. The first-order valence-corrected chi connectivity index (χ1v) is 6.56. The first kappa shape index (κ1) is 14.3. The molecule has 112 valence electrons. The number of fused-ring (bicyclic) bond motifs is 1. The van der Waals surface area contributed by atoms with Crippen molar-refractivity contribution in [2.75, 3.05) is 0 Å². The zero-order valence-electron chi connectivity index (χ0n) is 11.3. The summed E-state index contributed by atoms with van der Waals surface area (Å²) in [5.41, 5.74) is -0.673. The molecule has 0 aliphatic carbocycles. The van der Waals surface area contributed by atoms with Crippen LogP contribution in [0.2, 0.25) is 0 Å². The summed E-state index contributed by atoms with van der Waals surface area (Å²) < 4.78 is 40.8. The Morgan fingerprint density at radius 1 is 1.05 bits per heavy atom. The predicted molar refractivity (Wildman–Crippen MR) is 76.5 cm³/mol. The van der Waals surface area contributed by atoms with Crippen molar-refractivity contribution in [3.8, 4) is 0 Å². The van der Waals surface area contributed by atoms with Crippen molar-refractivity contribution in [2.24, 2.45) is 0 Å². The van der Waals surface area contributed by atoms with Crippen molar-refractivity contribution >= 4 is 10.9 Å². The number of hydrogen-bond acceptors (Lipinski definition) is 2. The summed E-state index contributed by atoms with van der Waals surface area (Å²) in [6.45, 7) is 0.374. The van der Waals surface area contributed by atoms with Gasteiger partial charge in [0.25, 0.3) is 0 Å². The molecule has 6 heteroatoms. The number of nitrogens with zero attached hydrogens (tertiary/aromatic N) is 2. The van der Waals surface area contributed by atoms with Gasteiger partial charge in [0.05, 0.1) is 10.9 Å². The van der Waals surface area contributed by atoms with Crippen LogP contribution >= 0.6 is 0 Å². The molecule has 0 spiro atoms. The summed E-state index contributed by atoms with van der Waals surface area (Å²) in [5, 5.41) is -0.395. The molecule has 3 aromatic rings. The molecule has 0 amide bonds. The van der Waals surface area contributed by atoms with Gasteiger partial charge in [-0.1, -0.05) is 30.3 Å². The van der Waals surface area contributed by atoms with Crippen LogP contribution in [0.3, 0.4) is 0 Å². The highest BCUT2D eigenvalue weighted by Crippen LogP contribution is 2.31. The lowest BCUT2D eigenvalue weighted by Gasteiger charge is -2.13. The van der Waals surface area contributed by atoms with Crippen LogP contribution in [0.25, 0.3) is 10.9 Å². The van der Waals surface area contributed by atoms with E-state index in [0.29, 0.717) is 6.54 Å². The Morgan fingerprint density at radius 3 is 2.45 bits per heavy atom. The van der Waals surface area contributed by atoms with Crippen LogP contribution in [0, 0.1) is 0 Å². The molecule has 0 aliphatic heterocycles. The summed E-state index contributed by atoms with van der Waals surface area (Å²) in [7, 11) is 0. The molecule has 0 unspecified atom stereocenters. The monoisotopic (exact) mass is 304 g/mol. The summed E-state index contributed by atoms with van der Waals surface area (Å²) in [5.74, 6) is 0. The van der Waals surface area contributed by atoms with Gasteiger partial charge in [0, 0.05) is 25.0 Å². The van der Waals surface area contributed by atoms with Gasteiger partial charge in [-0.15, -0.1) is 0 Å². The number of halogens is 3. The molecule has 1 aromatic carbocycles. The lowest BCUT2D eigenvalue weighted by atomic mass is 10.1. The van der Waals surface area contributed by atoms with Crippen LogP contribution < -0.4 is 5.43 Å². The van der Waals surface area contributed by atoms with Crippen molar-refractivity contribution in [3.63, 3.8) is 0 Å². The van der Waals surface area contributed by atoms with Gasteiger partial charge in [0.2, 0.25) is 0 Å². The van der Waals surface area contributed by atoms with Crippen LogP contribution in [0.15, 0.2) is 59.7 Å². The van der Waals surface area contributed by atoms with E-state index in [9.17, 15) is 18.0 Å². The van der Waals surface area contributed by atoms with Crippen molar-refractivity contribution in [1.82, 2.24) is 9.55 Å². The summed E-state index contributed by atoms with van der Waals surface area (Å²) >= 11 is 0. The van der Waals surface area contributed by atoms with E-state index in [-0.39, 0.29) is 5.52 Å². The van der Waals surface area contributed by atoms with E-state index in [2.05, 4.69) is 4.98 Å². The lowest BCUT2D eigenvalue weighted by molar-refractivity contribution is -0.139. The van der Waals surface area contributed by atoms with Crippen molar-refractivity contribution in [1.29, 1.82) is 0 Å². The molecule has 0 atom stereocenters. The zero-order chi connectivity index (χ0) is 15.7. The van der Waals surface area contributed by atoms with Gasteiger partial charge in [-0.3, -0.25) is 9.78 Å². The maximum absolute atomic E-state index is 13.0. The minimum absolute atomic E-state index is 0.221. The van der Waals surface area contributed by atoms with Crippen LogP contribution in [0.1, 0.15) is 11.3 Å². The Bertz CT molecular complexity index is 870. The van der Waals surface area contributed by atoms with Gasteiger partial charge in [-0.05, 0) is 11.6 Å². The largest absolute Gasteiger partial charge is 0.434 e. The Labute approximate surface area is 123 Å². The SMILES string of the molecule is O=c1ccn(Cc2ccccc2)c2ccnc(C(F)(F)F)c12. The number of alkyl halides is 3. The minimum Gasteiger partial charge on any atom is -0.343 e. The predicted octanol–water partition coefficient (Wildman–Crippen LogP) is 3.46. The van der Waals surface area contributed by atoms with Gasteiger partial charge in [-0.2, -0.15) is 13.2 Å². The summed E-state index contributed by atoms with van der Waals surface area (Å²) in [4.78, 5) is 15.2. The van der Waals surface area contributed by atoms with Gasteiger partial charge in [-0.25, -0.2) is 0 Å². The first-order chi connectivity index (χ1) is 10.5. The van der Waals surface area contributed by atoms with E-state index in [4.69, 9.17) is 0 Å². The van der Waals surface area contributed by atoms with E-state index in [1.54, 1.807) is 4.57 Å². The van der Waals surface area contributed by atoms with Crippen LogP contribution in [0.5, 0.6) is 0 Å². The molecule has 0 aliphatic rings. The van der Waals surface area contributed by atoms with Crippen molar-refractivity contribution in [2.45, 2.75) is 12.7 Å². The Hall–Kier alpha value is -2.63. The topological polar surface area (TPSA) is 34.9 Å². The van der Waals surface area contributed by atoms with E-state index in [0.717, 1.165) is 17.8 Å². The fourth-order valence-electron chi connectivity index (χ4n) is 2.39. The first-order valence-electron chi connectivity index (χ1n) is 6.56. The number of benzene rings is 1. The van der Waals surface area contributed by atoms with Gasteiger partial charge >= 0.3 is 6.18 Å². The highest BCUT2D eigenvalue weighted by molar-refractivity contribution is 5.81. The zero-order valence-corrected chi connectivity index (χ0v) is 11.3. The Morgan fingerprint density at radius 2 is 1.77 bits per heavy atom. The fraction of sp³-hybridized carbons (Fsp3) is 0.125. The number of aromatic nitrogens is 2. The number of pyridine rings is 2. The quantitative estimate of drug-likeness (QED) is 0.726. The highest BCUT2D eigenvalue weighted by Gasteiger charge is 2.35. The molecular weight excluding hydrogens is 293 g/mol. The third kappa shape index (κ3) is 2.59. The molecule has 0 bridgehead atoms. The molecule has 0 fully saturated rings. The Kier molecular flexibility index (Phi) is 3.44. The van der Waals surface area contributed by atoms with E-state index < -0.39 is 22.7 Å². The molecule has 3 nitrogen and oxygen atoms in total. The van der Waals surface area contributed by atoms with Crippen LogP contribution in [-0.2, 0) is 12.7 Å². The van der Waals surface area contributed by atoms with Crippen LogP contribution in [0.4, 0.5) is 13.2 Å². The molecule has 0 radical (unpaired) electrons.